The number of hydrogen-bond acceptors (Lipinski definition) is 3. The molecular weight excluding hydrogens is 224 g/mol. The van der Waals surface area contributed by atoms with E-state index in [2.05, 4.69) is 4.90 Å². The first kappa shape index (κ1) is 12.2. The van der Waals surface area contributed by atoms with Crippen LogP contribution in [0.25, 0.3) is 0 Å². The average Bonchev–Trinajstić information content (AvgIpc) is 2.09. The zero-order valence-electron chi connectivity index (χ0n) is 8.61. The van der Waals surface area contributed by atoms with Crippen LogP contribution in [0.15, 0.2) is 0 Å². The van der Waals surface area contributed by atoms with Gasteiger partial charge in [0.25, 0.3) is 0 Å². The van der Waals surface area contributed by atoms with Gasteiger partial charge in [0.2, 0.25) is 10.0 Å². The van der Waals surface area contributed by atoms with E-state index in [1.165, 1.54) is 0 Å². The fourth-order valence-corrected chi connectivity index (χ4v) is 3.34. The van der Waals surface area contributed by atoms with Crippen molar-refractivity contribution >= 4 is 21.6 Å². The first-order chi connectivity index (χ1) is 6.47. The molecule has 0 N–H and O–H groups in total. The van der Waals surface area contributed by atoms with Crippen LogP contribution in [0.3, 0.4) is 0 Å². The molecule has 1 aliphatic heterocycles. The second-order valence-corrected chi connectivity index (χ2v) is 6.16. The smallest absolute Gasteiger partial charge is 0.215 e. The normalized spacial score (nSPS) is 26.6. The molecule has 0 saturated carbocycles. The lowest BCUT2D eigenvalue weighted by molar-refractivity contribution is 0.160. The van der Waals surface area contributed by atoms with Crippen LogP contribution in [0.1, 0.15) is 6.92 Å². The average molecular weight is 241 g/mol. The minimum absolute atomic E-state index is 0.0466. The summed E-state index contributed by atoms with van der Waals surface area (Å²) in [6.45, 7) is 3.99. The van der Waals surface area contributed by atoms with Crippen LogP contribution in [0.5, 0.6) is 0 Å². The molecule has 0 aromatic heterocycles. The van der Waals surface area contributed by atoms with Crippen molar-refractivity contribution in [1.29, 1.82) is 0 Å². The molecule has 14 heavy (non-hydrogen) atoms. The standard InChI is InChI=1S/C8H17ClN2O2S/c1-8-7-11(5-4-10(8)2)14(12,13)6-3-9/h8H,3-7H2,1-2H3. The lowest BCUT2D eigenvalue weighted by Crippen LogP contribution is -2.52. The molecule has 4 nitrogen and oxygen atoms in total. The summed E-state index contributed by atoms with van der Waals surface area (Å²) in [5.74, 6) is 0.216. The maximum atomic E-state index is 11.7. The third-order valence-electron chi connectivity index (χ3n) is 2.65. The largest absolute Gasteiger partial charge is 0.301 e. The molecule has 0 bridgehead atoms. The number of piperazine rings is 1. The highest BCUT2D eigenvalue weighted by atomic mass is 35.5. The highest BCUT2D eigenvalue weighted by Crippen LogP contribution is 2.11. The second kappa shape index (κ2) is 4.79. The molecule has 1 rings (SSSR count). The molecule has 0 aromatic carbocycles. The molecule has 6 heteroatoms. The van der Waals surface area contributed by atoms with Gasteiger partial charge in [-0.1, -0.05) is 0 Å². The van der Waals surface area contributed by atoms with Crippen LogP contribution in [0.4, 0.5) is 0 Å². The highest BCUT2D eigenvalue weighted by Gasteiger charge is 2.28. The predicted octanol–water partition coefficient (Wildman–Crippen LogP) is 0.191. The summed E-state index contributed by atoms with van der Waals surface area (Å²) in [5.41, 5.74) is 0. The first-order valence-corrected chi connectivity index (χ1v) is 6.86. The van der Waals surface area contributed by atoms with Gasteiger partial charge in [0.1, 0.15) is 0 Å². The molecule has 0 amide bonds. The van der Waals surface area contributed by atoms with Gasteiger partial charge >= 0.3 is 0 Å². The topological polar surface area (TPSA) is 40.6 Å². The van der Waals surface area contributed by atoms with Crippen molar-refractivity contribution in [2.45, 2.75) is 13.0 Å². The number of nitrogens with zero attached hydrogens (tertiary/aromatic N) is 2. The number of likely N-dealkylation sites (N-methyl/N-ethyl adjacent to an activating group) is 1. The number of halogens is 1. The van der Waals surface area contributed by atoms with Crippen LogP contribution in [-0.2, 0) is 10.0 Å². The molecule has 1 unspecified atom stereocenters. The minimum Gasteiger partial charge on any atom is -0.301 e. The monoisotopic (exact) mass is 240 g/mol. The molecule has 1 heterocycles. The summed E-state index contributed by atoms with van der Waals surface area (Å²) in [4.78, 5) is 2.16. The molecular formula is C8H17ClN2O2S. The molecule has 0 radical (unpaired) electrons. The number of hydrogen-bond donors (Lipinski definition) is 0. The Balaban J connectivity index is 2.63. The van der Waals surface area contributed by atoms with E-state index in [1.807, 2.05) is 14.0 Å². The maximum absolute atomic E-state index is 11.7. The Kier molecular flexibility index (Phi) is 4.18. The Hall–Kier alpha value is 0.160. The van der Waals surface area contributed by atoms with E-state index in [1.54, 1.807) is 4.31 Å². The van der Waals surface area contributed by atoms with Gasteiger partial charge in [-0.3, -0.25) is 0 Å². The summed E-state index contributed by atoms with van der Waals surface area (Å²) in [7, 11) is -1.10. The van der Waals surface area contributed by atoms with E-state index in [4.69, 9.17) is 11.6 Å². The molecule has 1 atom stereocenters. The van der Waals surface area contributed by atoms with Crippen LogP contribution in [0.2, 0.25) is 0 Å². The number of sulfonamides is 1. The number of alkyl halides is 1. The Bertz CT molecular complexity index is 281. The van der Waals surface area contributed by atoms with Gasteiger partial charge in [-0.05, 0) is 14.0 Å². The zero-order chi connectivity index (χ0) is 10.8. The lowest BCUT2D eigenvalue weighted by Gasteiger charge is -2.36. The Morgan fingerprint density at radius 2 is 2.07 bits per heavy atom. The SMILES string of the molecule is CC1CN(S(=O)(=O)CCCl)CCN1C. The van der Waals surface area contributed by atoms with Crippen LogP contribution in [0, 0.1) is 0 Å². The zero-order valence-corrected chi connectivity index (χ0v) is 10.2. The van der Waals surface area contributed by atoms with Gasteiger partial charge in [-0.25, -0.2) is 8.42 Å². The van der Waals surface area contributed by atoms with E-state index in [0.29, 0.717) is 13.1 Å². The van der Waals surface area contributed by atoms with Crippen molar-refractivity contribution in [3.63, 3.8) is 0 Å². The predicted molar refractivity (Wildman–Crippen MR) is 58.2 cm³/mol. The van der Waals surface area contributed by atoms with Crippen molar-refractivity contribution in [3.05, 3.63) is 0 Å². The molecule has 0 spiro atoms. The van der Waals surface area contributed by atoms with Crippen molar-refractivity contribution in [2.75, 3.05) is 38.3 Å². The number of rotatable bonds is 3. The second-order valence-electron chi connectivity index (χ2n) is 3.69. The van der Waals surface area contributed by atoms with Crippen molar-refractivity contribution in [3.8, 4) is 0 Å². The molecule has 84 valence electrons. The fourth-order valence-electron chi connectivity index (χ4n) is 1.49. The van der Waals surface area contributed by atoms with Crippen LogP contribution < -0.4 is 0 Å². The van der Waals surface area contributed by atoms with Gasteiger partial charge < -0.3 is 4.90 Å². The molecule has 0 aliphatic carbocycles. The van der Waals surface area contributed by atoms with Gasteiger partial charge in [0, 0.05) is 31.6 Å². The summed E-state index contributed by atoms with van der Waals surface area (Å²) in [5, 5.41) is 0. The Morgan fingerprint density at radius 1 is 1.43 bits per heavy atom. The third kappa shape index (κ3) is 2.82. The summed E-state index contributed by atoms with van der Waals surface area (Å²) in [6, 6.07) is 0.286. The summed E-state index contributed by atoms with van der Waals surface area (Å²) in [6.07, 6.45) is 0. The van der Waals surface area contributed by atoms with Crippen molar-refractivity contribution < 1.29 is 8.42 Å². The highest BCUT2D eigenvalue weighted by molar-refractivity contribution is 7.89. The molecule has 1 saturated heterocycles. The van der Waals surface area contributed by atoms with Gasteiger partial charge in [-0.15, -0.1) is 11.6 Å². The van der Waals surface area contributed by atoms with E-state index in [9.17, 15) is 8.42 Å². The molecule has 1 aliphatic rings. The van der Waals surface area contributed by atoms with Crippen molar-refractivity contribution in [1.82, 2.24) is 9.21 Å². The summed E-state index contributed by atoms with van der Waals surface area (Å²) >= 11 is 5.45. The quantitative estimate of drug-likeness (QED) is 0.662. The van der Waals surface area contributed by atoms with Gasteiger partial charge in [0.15, 0.2) is 0 Å². The Morgan fingerprint density at radius 3 is 2.57 bits per heavy atom. The minimum atomic E-state index is -3.12. The van der Waals surface area contributed by atoms with E-state index < -0.39 is 10.0 Å². The van der Waals surface area contributed by atoms with Crippen LogP contribution in [-0.4, -0.2) is 62.0 Å². The lowest BCUT2D eigenvalue weighted by atomic mass is 10.2. The summed E-state index contributed by atoms with van der Waals surface area (Å²) < 4.78 is 24.9. The third-order valence-corrected chi connectivity index (χ3v) is 4.90. The molecule has 1 fully saturated rings. The fraction of sp³-hybridized carbons (Fsp3) is 1.00. The van der Waals surface area contributed by atoms with Gasteiger partial charge in [0.05, 0.1) is 5.75 Å². The van der Waals surface area contributed by atoms with Crippen LogP contribution >= 0.6 is 11.6 Å². The molecule has 0 aromatic rings. The van der Waals surface area contributed by atoms with Crippen molar-refractivity contribution in [2.24, 2.45) is 0 Å². The maximum Gasteiger partial charge on any atom is 0.215 e. The first-order valence-electron chi connectivity index (χ1n) is 4.71. The Labute approximate surface area is 90.9 Å². The van der Waals surface area contributed by atoms with E-state index in [-0.39, 0.29) is 17.7 Å². The van der Waals surface area contributed by atoms with E-state index >= 15 is 0 Å². The van der Waals surface area contributed by atoms with Gasteiger partial charge in [-0.2, -0.15) is 4.31 Å². The van der Waals surface area contributed by atoms with E-state index in [0.717, 1.165) is 6.54 Å².